The van der Waals surface area contributed by atoms with E-state index in [-0.39, 0.29) is 18.2 Å². The fourth-order valence-corrected chi connectivity index (χ4v) is 1.98. The third-order valence-electron chi connectivity index (χ3n) is 3.04. The monoisotopic (exact) mass is 260 g/mol. The summed E-state index contributed by atoms with van der Waals surface area (Å²) in [6.07, 6.45) is 0.202. The molecule has 0 radical (unpaired) electrons. The fraction of sp³-hybridized carbons (Fsp3) is 0.917. The van der Waals surface area contributed by atoms with Gasteiger partial charge in [-0.3, -0.25) is 4.79 Å². The maximum atomic E-state index is 11.9. The molecule has 0 aromatic heterocycles. The van der Waals surface area contributed by atoms with Gasteiger partial charge in [-0.2, -0.15) is 0 Å². The van der Waals surface area contributed by atoms with Crippen LogP contribution >= 0.6 is 0 Å². The molecule has 0 aromatic carbocycles. The third kappa shape index (κ3) is 4.89. The Kier molecular flexibility index (Phi) is 7.19. The van der Waals surface area contributed by atoms with E-state index in [2.05, 4.69) is 5.32 Å². The summed E-state index contributed by atoms with van der Waals surface area (Å²) in [7, 11) is 3.20. The minimum atomic E-state index is -0.288. The SMILES string of the molecule is COC(OC)C(C)NCCC(=O)N1CCOCC1. The normalized spacial score (nSPS) is 18.1. The van der Waals surface area contributed by atoms with Crippen molar-refractivity contribution in [1.29, 1.82) is 0 Å². The Hall–Kier alpha value is -0.690. The van der Waals surface area contributed by atoms with Crippen molar-refractivity contribution in [3.63, 3.8) is 0 Å². The lowest BCUT2D eigenvalue weighted by atomic mass is 10.3. The van der Waals surface area contributed by atoms with Gasteiger partial charge in [0.05, 0.1) is 19.3 Å². The molecule has 0 spiro atoms. The Morgan fingerprint density at radius 3 is 2.50 bits per heavy atom. The Labute approximate surface area is 109 Å². The molecule has 1 heterocycles. The second-order valence-electron chi connectivity index (χ2n) is 4.33. The molecule has 1 N–H and O–H groups in total. The Morgan fingerprint density at radius 2 is 1.94 bits per heavy atom. The number of hydrogen-bond donors (Lipinski definition) is 1. The Bertz CT molecular complexity index is 240. The lowest BCUT2D eigenvalue weighted by molar-refractivity contribution is -0.135. The minimum Gasteiger partial charge on any atom is -0.378 e. The van der Waals surface area contributed by atoms with Crippen molar-refractivity contribution < 1.29 is 19.0 Å². The van der Waals surface area contributed by atoms with Crippen molar-refractivity contribution in [1.82, 2.24) is 10.2 Å². The highest BCUT2D eigenvalue weighted by Gasteiger charge is 2.18. The molecular weight excluding hydrogens is 236 g/mol. The number of nitrogens with zero attached hydrogens (tertiary/aromatic N) is 1. The molecule has 0 aromatic rings. The number of hydrogen-bond acceptors (Lipinski definition) is 5. The van der Waals surface area contributed by atoms with Gasteiger partial charge < -0.3 is 24.4 Å². The summed E-state index contributed by atoms with van der Waals surface area (Å²) in [5.41, 5.74) is 0. The number of morpholine rings is 1. The number of carbonyl (C=O) groups excluding carboxylic acids is 1. The molecule has 1 unspecified atom stereocenters. The predicted molar refractivity (Wildman–Crippen MR) is 67.3 cm³/mol. The number of amides is 1. The minimum absolute atomic E-state index is 0.0532. The van der Waals surface area contributed by atoms with Crippen LogP contribution in [0.5, 0.6) is 0 Å². The molecular formula is C12H24N2O4. The van der Waals surface area contributed by atoms with Gasteiger partial charge in [-0.25, -0.2) is 0 Å². The second kappa shape index (κ2) is 8.42. The largest absolute Gasteiger partial charge is 0.378 e. The van der Waals surface area contributed by atoms with Crippen molar-refractivity contribution in [3.8, 4) is 0 Å². The summed E-state index contributed by atoms with van der Waals surface area (Å²) < 4.78 is 15.5. The molecule has 1 rings (SSSR count). The van der Waals surface area contributed by atoms with Crippen LogP contribution in [0.2, 0.25) is 0 Å². The van der Waals surface area contributed by atoms with Gasteiger partial charge in [-0.15, -0.1) is 0 Å². The standard InChI is InChI=1S/C12H24N2O4/c1-10(12(16-2)17-3)13-5-4-11(15)14-6-8-18-9-7-14/h10,12-13H,4-9H2,1-3H3. The van der Waals surface area contributed by atoms with Crippen LogP contribution in [-0.2, 0) is 19.0 Å². The first-order valence-corrected chi connectivity index (χ1v) is 6.33. The van der Waals surface area contributed by atoms with E-state index in [0.717, 1.165) is 0 Å². The van der Waals surface area contributed by atoms with Crippen LogP contribution in [-0.4, -0.2) is 70.2 Å². The molecule has 0 saturated carbocycles. The maximum absolute atomic E-state index is 11.9. The first kappa shape index (κ1) is 15.4. The average Bonchev–Trinajstić information content (AvgIpc) is 2.41. The van der Waals surface area contributed by atoms with Gasteiger partial charge >= 0.3 is 0 Å². The highest BCUT2D eigenvalue weighted by Crippen LogP contribution is 2.01. The molecule has 1 amide bonds. The number of ether oxygens (including phenoxy) is 3. The van der Waals surface area contributed by atoms with Crippen LogP contribution in [0.15, 0.2) is 0 Å². The van der Waals surface area contributed by atoms with Crippen molar-refractivity contribution in [2.75, 3.05) is 47.1 Å². The van der Waals surface area contributed by atoms with Crippen molar-refractivity contribution in [2.45, 2.75) is 25.7 Å². The van der Waals surface area contributed by atoms with E-state index in [4.69, 9.17) is 14.2 Å². The summed E-state index contributed by atoms with van der Waals surface area (Å²) in [4.78, 5) is 13.7. The van der Waals surface area contributed by atoms with Crippen LogP contribution in [0.1, 0.15) is 13.3 Å². The Morgan fingerprint density at radius 1 is 1.33 bits per heavy atom. The molecule has 6 nitrogen and oxygen atoms in total. The van der Waals surface area contributed by atoms with Crippen molar-refractivity contribution in [3.05, 3.63) is 0 Å². The lowest BCUT2D eigenvalue weighted by Gasteiger charge is -2.27. The molecule has 1 aliphatic heterocycles. The van der Waals surface area contributed by atoms with Gasteiger partial charge in [0.1, 0.15) is 0 Å². The summed E-state index contributed by atoms with van der Waals surface area (Å²) in [5, 5.41) is 3.23. The zero-order chi connectivity index (χ0) is 13.4. The molecule has 1 saturated heterocycles. The van der Waals surface area contributed by atoms with Gasteiger partial charge in [-0.05, 0) is 6.92 Å². The molecule has 18 heavy (non-hydrogen) atoms. The quantitative estimate of drug-likeness (QED) is 0.644. The van der Waals surface area contributed by atoms with E-state index in [1.165, 1.54) is 0 Å². The smallest absolute Gasteiger partial charge is 0.224 e. The van der Waals surface area contributed by atoms with Gasteiger partial charge in [0.2, 0.25) is 5.91 Å². The van der Waals surface area contributed by atoms with E-state index in [0.29, 0.717) is 39.3 Å². The van der Waals surface area contributed by atoms with E-state index < -0.39 is 0 Å². The Balaban J connectivity index is 2.18. The van der Waals surface area contributed by atoms with Gasteiger partial charge in [0, 0.05) is 40.3 Å². The molecule has 0 aliphatic carbocycles. The zero-order valence-electron chi connectivity index (χ0n) is 11.5. The summed E-state index contributed by atoms with van der Waals surface area (Å²) in [6.45, 7) is 5.29. The summed E-state index contributed by atoms with van der Waals surface area (Å²) in [5.74, 6) is 0.171. The van der Waals surface area contributed by atoms with Crippen LogP contribution in [0.25, 0.3) is 0 Å². The van der Waals surface area contributed by atoms with Crippen molar-refractivity contribution in [2.24, 2.45) is 0 Å². The van der Waals surface area contributed by atoms with Gasteiger partial charge in [0.25, 0.3) is 0 Å². The maximum Gasteiger partial charge on any atom is 0.224 e. The number of rotatable bonds is 7. The first-order valence-electron chi connectivity index (χ1n) is 6.33. The third-order valence-corrected chi connectivity index (χ3v) is 3.04. The van der Waals surface area contributed by atoms with Gasteiger partial charge in [-0.1, -0.05) is 0 Å². The summed E-state index contributed by atoms with van der Waals surface area (Å²) >= 11 is 0. The van der Waals surface area contributed by atoms with Crippen molar-refractivity contribution >= 4 is 5.91 Å². The molecule has 106 valence electrons. The van der Waals surface area contributed by atoms with E-state index in [9.17, 15) is 4.79 Å². The molecule has 1 aliphatic rings. The number of methoxy groups -OCH3 is 2. The molecule has 0 bridgehead atoms. The first-order chi connectivity index (χ1) is 8.69. The average molecular weight is 260 g/mol. The van der Waals surface area contributed by atoms with E-state index in [1.54, 1.807) is 14.2 Å². The topological polar surface area (TPSA) is 60.0 Å². The second-order valence-corrected chi connectivity index (χ2v) is 4.33. The van der Waals surface area contributed by atoms with Gasteiger partial charge in [0.15, 0.2) is 6.29 Å². The highest BCUT2D eigenvalue weighted by molar-refractivity contribution is 5.76. The number of nitrogens with one attached hydrogen (secondary N) is 1. The van der Waals surface area contributed by atoms with E-state index in [1.807, 2.05) is 11.8 Å². The van der Waals surface area contributed by atoms with Crippen LogP contribution < -0.4 is 5.32 Å². The lowest BCUT2D eigenvalue weighted by Crippen LogP contribution is -2.44. The molecule has 6 heteroatoms. The number of carbonyl (C=O) groups is 1. The summed E-state index contributed by atoms with van der Waals surface area (Å²) in [6, 6.07) is 0.0532. The zero-order valence-corrected chi connectivity index (χ0v) is 11.5. The molecule has 1 fully saturated rings. The van der Waals surface area contributed by atoms with Crippen LogP contribution in [0.4, 0.5) is 0 Å². The van der Waals surface area contributed by atoms with Crippen LogP contribution in [0, 0.1) is 0 Å². The predicted octanol–water partition coefficient (Wildman–Crippen LogP) is -0.168. The molecule has 1 atom stereocenters. The van der Waals surface area contributed by atoms with E-state index >= 15 is 0 Å². The van der Waals surface area contributed by atoms with Crippen LogP contribution in [0.3, 0.4) is 0 Å². The highest BCUT2D eigenvalue weighted by atomic mass is 16.7. The fourth-order valence-electron chi connectivity index (χ4n) is 1.98.